The predicted octanol–water partition coefficient (Wildman–Crippen LogP) is 2.96. The Morgan fingerprint density at radius 2 is 2.05 bits per heavy atom. The van der Waals surface area contributed by atoms with Crippen molar-refractivity contribution in [1.29, 1.82) is 0 Å². The van der Waals surface area contributed by atoms with Crippen molar-refractivity contribution >= 4 is 5.78 Å². The van der Waals surface area contributed by atoms with Gasteiger partial charge in [0.15, 0.2) is 0 Å². The quantitative estimate of drug-likeness (QED) is 0.813. The van der Waals surface area contributed by atoms with E-state index >= 15 is 0 Å². The van der Waals surface area contributed by atoms with Crippen molar-refractivity contribution in [3.63, 3.8) is 0 Å². The van der Waals surface area contributed by atoms with Crippen molar-refractivity contribution in [3.8, 4) is 0 Å². The van der Waals surface area contributed by atoms with Gasteiger partial charge in [-0.3, -0.25) is 4.79 Å². The average molecular weight is 276 g/mol. The zero-order chi connectivity index (χ0) is 14.4. The van der Waals surface area contributed by atoms with Gasteiger partial charge in [0.1, 0.15) is 5.78 Å². The van der Waals surface area contributed by atoms with Gasteiger partial charge in [-0.1, -0.05) is 30.3 Å². The van der Waals surface area contributed by atoms with Crippen LogP contribution in [-0.2, 0) is 16.1 Å². The summed E-state index contributed by atoms with van der Waals surface area (Å²) in [7, 11) is 0. The topological polar surface area (TPSA) is 46.5 Å². The van der Waals surface area contributed by atoms with E-state index < -0.39 is 6.10 Å². The lowest BCUT2D eigenvalue weighted by Gasteiger charge is -2.31. The minimum absolute atomic E-state index is 0.118. The van der Waals surface area contributed by atoms with Crippen molar-refractivity contribution in [1.82, 2.24) is 0 Å². The highest BCUT2D eigenvalue weighted by Crippen LogP contribution is 2.32. The molecule has 2 rings (SSSR count). The molecule has 1 aromatic rings. The SMILES string of the molecule is CC(=O)C1CC(CCOCc2ccccc2)CCC1O. The third kappa shape index (κ3) is 4.43. The Morgan fingerprint density at radius 3 is 2.75 bits per heavy atom. The maximum atomic E-state index is 11.5. The predicted molar refractivity (Wildman–Crippen MR) is 78.2 cm³/mol. The molecule has 1 fully saturated rings. The number of aliphatic hydroxyl groups excluding tert-OH is 1. The molecule has 0 bridgehead atoms. The summed E-state index contributed by atoms with van der Waals surface area (Å²) in [5.41, 5.74) is 1.19. The summed E-state index contributed by atoms with van der Waals surface area (Å²) in [6.45, 7) is 2.95. The smallest absolute Gasteiger partial charge is 0.135 e. The molecule has 3 heteroatoms. The summed E-state index contributed by atoms with van der Waals surface area (Å²) >= 11 is 0. The number of Topliss-reactive ketones (excluding diaryl/α,β-unsaturated/α-hetero) is 1. The van der Waals surface area contributed by atoms with Crippen molar-refractivity contribution in [2.45, 2.75) is 45.3 Å². The molecule has 20 heavy (non-hydrogen) atoms. The molecule has 0 saturated heterocycles. The van der Waals surface area contributed by atoms with Gasteiger partial charge in [-0.05, 0) is 44.1 Å². The highest BCUT2D eigenvalue weighted by Gasteiger charge is 2.31. The summed E-state index contributed by atoms with van der Waals surface area (Å²) in [5.74, 6) is 0.457. The molecule has 0 heterocycles. The average Bonchev–Trinajstić information content (AvgIpc) is 2.46. The number of hydrogen-bond acceptors (Lipinski definition) is 3. The summed E-state index contributed by atoms with van der Waals surface area (Å²) in [4.78, 5) is 11.5. The van der Waals surface area contributed by atoms with Crippen LogP contribution in [0.1, 0.15) is 38.2 Å². The van der Waals surface area contributed by atoms with Crippen LogP contribution in [0.2, 0.25) is 0 Å². The molecule has 0 spiro atoms. The molecule has 3 atom stereocenters. The zero-order valence-electron chi connectivity index (χ0n) is 12.1. The number of carbonyl (C=O) groups is 1. The lowest BCUT2D eigenvalue weighted by molar-refractivity contribution is -0.126. The fourth-order valence-electron chi connectivity index (χ4n) is 2.96. The first-order chi connectivity index (χ1) is 9.66. The molecule has 1 aliphatic carbocycles. The minimum Gasteiger partial charge on any atom is -0.392 e. The number of benzene rings is 1. The third-order valence-corrected chi connectivity index (χ3v) is 4.23. The largest absolute Gasteiger partial charge is 0.392 e. The van der Waals surface area contributed by atoms with Crippen LogP contribution in [0.25, 0.3) is 0 Å². The fourth-order valence-corrected chi connectivity index (χ4v) is 2.96. The lowest BCUT2D eigenvalue weighted by atomic mass is 9.76. The van der Waals surface area contributed by atoms with Crippen LogP contribution in [0, 0.1) is 11.8 Å². The van der Waals surface area contributed by atoms with Crippen LogP contribution < -0.4 is 0 Å². The molecule has 1 aliphatic rings. The Hall–Kier alpha value is -1.19. The Labute approximate surface area is 121 Å². The maximum absolute atomic E-state index is 11.5. The van der Waals surface area contributed by atoms with Gasteiger partial charge in [0, 0.05) is 12.5 Å². The first-order valence-electron chi connectivity index (χ1n) is 7.47. The molecule has 1 saturated carbocycles. The number of rotatable bonds is 6. The van der Waals surface area contributed by atoms with E-state index in [0.717, 1.165) is 32.3 Å². The van der Waals surface area contributed by atoms with Crippen LogP contribution in [-0.4, -0.2) is 23.6 Å². The molecule has 110 valence electrons. The van der Waals surface area contributed by atoms with Gasteiger partial charge < -0.3 is 9.84 Å². The summed E-state index contributed by atoms with van der Waals surface area (Å²) in [6, 6.07) is 10.1. The van der Waals surface area contributed by atoms with Crippen LogP contribution in [0.3, 0.4) is 0 Å². The van der Waals surface area contributed by atoms with Crippen LogP contribution in [0.5, 0.6) is 0 Å². The van der Waals surface area contributed by atoms with E-state index in [0.29, 0.717) is 12.5 Å². The fraction of sp³-hybridized carbons (Fsp3) is 0.588. The lowest BCUT2D eigenvalue weighted by Crippen LogP contribution is -2.34. The second-order valence-electron chi connectivity index (χ2n) is 5.79. The van der Waals surface area contributed by atoms with Crippen molar-refractivity contribution in [2.24, 2.45) is 11.8 Å². The molecular weight excluding hydrogens is 252 g/mol. The number of carbonyl (C=O) groups excluding carboxylic acids is 1. The number of ether oxygens (including phenoxy) is 1. The highest BCUT2D eigenvalue weighted by molar-refractivity contribution is 5.79. The summed E-state index contributed by atoms with van der Waals surface area (Å²) in [5, 5.41) is 9.83. The Morgan fingerprint density at radius 1 is 1.30 bits per heavy atom. The summed E-state index contributed by atoms with van der Waals surface area (Å²) < 4.78 is 5.70. The first-order valence-corrected chi connectivity index (χ1v) is 7.47. The van der Waals surface area contributed by atoms with Crippen LogP contribution >= 0.6 is 0 Å². The van der Waals surface area contributed by atoms with Gasteiger partial charge in [0.25, 0.3) is 0 Å². The van der Waals surface area contributed by atoms with Crippen molar-refractivity contribution in [3.05, 3.63) is 35.9 Å². The molecule has 1 aromatic carbocycles. The molecule has 0 radical (unpaired) electrons. The molecular formula is C17H24O3. The molecule has 1 N–H and O–H groups in total. The molecule has 0 amide bonds. The normalized spacial score (nSPS) is 26.4. The first kappa shape index (κ1) is 15.2. The summed E-state index contributed by atoms with van der Waals surface area (Å²) in [6.07, 6.45) is 3.09. The van der Waals surface area contributed by atoms with Gasteiger partial charge in [0.05, 0.1) is 12.7 Å². The Kier molecular flexibility index (Phi) is 5.74. The number of hydrogen-bond donors (Lipinski definition) is 1. The van der Waals surface area contributed by atoms with E-state index in [1.165, 1.54) is 5.56 Å². The zero-order valence-corrected chi connectivity index (χ0v) is 12.1. The molecule has 3 unspecified atom stereocenters. The molecule has 0 aliphatic heterocycles. The van der Waals surface area contributed by atoms with E-state index in [1.807, 2.05) is 18.2 Å². The van der Waals surface area contributed by atoms with E-state index in [-0.39, 0.29) is 11.7 Å². The van der Waals surface area contributed by atoms with E-state index in [1.54, 1.807) is 6.92 Å². The minimum atomic E-state index is -0.436. The third-order valence-electron chi connectivity index (χ3n) is 4.23. The number of aliphatic hydroxyl groups is 1. The molecule has 3 nitrogen and oxygen atoms in total. The maximum Gasteiger partial charge on any atom is 0.135 e. The van der Waals surface area contributed by atoms with Crippen molar-refractivity contribution in [2.75, 3.05) is 6.61 Å². The van der Waals surface area contributed by atoms with Gasteiger partial charge >= 0.3 is 0 Å². The van der Waals surface area contributed by atoms with Crippen molar-refractivity contribution < 1.29 is 14.6 Å². The Balaban J connectivity index is 1.68. The standard InChI is InChI=1S/C17H24O3/c1-13(18)16-11-14(7-8-17(16)19)9-10-20-12-15-5-3-2-4-6-15/h2-6,14,16-17,19H,7-12H2,1H3. The van der Waals surface area contributed by atoms with E-state index in [2.05, 4.69) is 12.1 Å². The second kappa shape index (κ2) is 7.55. The second-order valence-corrected chi connectivity index (χ2v) is 5.79. The van der Waals surface area contributed by atoms with Gasteiger partial charge in [-0.2, -0.15) is 0 Å². The van der Waals surface area contributed by atoms with E-state index in [9.17, 15) is 9.90 Å². The Bertz CT molecular complexity index is 416. The molecule has 0 aromatic heterocycles. The van der Waals surface area contributed by atoms with Gasteiger partial charge in [-0.15, -0.1) is 0 Å². The van der Waals surface area contributed by atoms with Crippen LogP contribution in [0.4, 0.5) is 0 Å². The van der Waals surface area contributed by atoms with Gasteiger partial charge in [-0.25, -0.2) is 0 Å². The van der Waals surface area contributed by atoms with Gasteiger partial charge in [0.2, 0.25) is 0 Å². The highest BCUT2D eigenvalue weighted by atomic mass is 16.5. The van der Waals surface area contributed by atoms with Crippen LogP contribution in [0.15, 0.2) is 30.3 Å². The van der Waals surface area contributed by atoms with E-state index in [4.69, 9.17) is 4.74 Å². The monoisotopic (exact) mass is 276 g/mol. The number of ketones is 1.